The van der Waals surface area contributed by atoms with E-state index in [0.29, 0.717) is 24.4 Å². The molecule has 1 aromatic heterocycles. The predicted molar refractivity (Wildman–Crippen MR) is 75.0 cm³/mol. The van der Waals surface area contributed by atoms with Gasteiger partial charge in [-0.3, -0.25) is 9.36 Å². The van der Waals surface area contributed by atoms with Crippen molar-refractivity contribution in [2.24, 2.45) is 0 Å². The van der Waals surface area contributed by atoms with Crippen molar-refractivity contribution in [2.75, 3.05) is 11.2 Å². The normalized spacial score (nSPS) is 10.4. The summed E-state index contributed by atoms with van der Waals surface area (Å²) in [5, 5.41) is 2.77. The van der Waals surface area contributed by atoms with E-state index in [-0.39, 0.29) is 11.6 Å². The zero-order chi connectivity index (χ0) is 13.7. The number of hydrogen-bond donors (Lipinski definition) is 2. The maximum Gasteiger partial charge on any atom is 0.330 e. The lowest BCUT2D eigenvalue weighted by molar-refractivity contribution is -0.116. The lowest BCUT2D eigenvalue weighted by atomic mass is 10.2. The van der Waals surface area contributed by atoms with E-state index in [1.165, 1.54) is 4.57 Å². The van der Waals surface area contributed by atoms with Crippen LogP contribution in [0, 0.1) is 0 Å². The molecule has 2 aromatic rings. The Kier molecular flexibility index (Phi) is 4.41. The van der Waals surface area contributed by atoms with E-state index in [9.17, 15) is 9.59 Å². The van der Waals surface area contributed by atoms with Gasteiger partial charge in [0.25, 0.3) is 0 Å². The van der Waals surface area contributed by atoms with Crippen LogP contribution in [0.15, 0.2) is 41.5 Å². The van der Waals surface area contributed by atoms with E-state index >= 15 is 0 Å². The first-order valence-corrected chi connectivity index (χ1v) is 6.46. The van der Waals surface area contributed by atoms with Crippen LogP contribution in [0.4, 0.5) is 5.69 Å². The number of alkyl halides is 1. The van der Waals surface area contributed by atoms with Gasteiger partial charge in [0.2, 0.25) is 5.91 Å². The molecule has 0 saturated heterocycles. The van der Waals surface area contributed by atoms with Crippen molar-refractivity contribution in [3.8, 4) is 5.69 Å². The number of hydrogen-bond acceptors (Lipinski definition) is 2. The largest absolute Gasteiger partial charge is 0.330 e. The van der Waals surface area contributed by atoms with E-state index in [1.54, 1.807) is 36.7 Å². The van der Waals surface area contributed by atoms with Gasteiger partial charge in [-0.25, -0.2) is 4.79 Å². The molecule has 2 N–H and O–H groups in total. The number of H-pyrrole nitrogens is 1. The number of nitrogens with one attached hydrogen (secondary N) is 2. The third-order valence-electron chi connectivity index (χ3n) is 2.62. The Labute approximate surface area is 115 Å². The molecule has 0 aliphatic heterocycles. The van der Waals surface area contributed by atoms with Crippen molar-refractivity contribution in [3.05, 3.63) is 47.1 Å². The summed E-state index contributed by atoms with van der Waals surface area (Å²) in [6.07, 6.45) is 4.29. The van der Waals surface area contributed by atoms with Crippen LogP contribution in [0.1, 0.15) is 12.8 Å². The number of benzene rings is 1. The number of nitrogens with zero attached hydrogens (tertiary/aromatic N) is 1. The molecule has 100 valence electrons. The average Bonchev–Trinajstić information content (AvgIpc) is 2.83. The molecular formula is C13H14ClN3O2. The number of aromatic amines is 1. The average molecular weight is 280 g/mol. The highest BCUT2D eigenvalue weighted by atomic mass is 35.5. The van der Waals surface area contributed by atoms with Gasteiger partial charge in [-0.15, -0.1) is 11.6 Å². The molecule has 1 amide bonds. The molecule has 0 radical (unpaired) electrons. The first-order valence-electron chi connectivity index (χ1n) is 5.93. The zero-order valence-corrected chi connectivity index (χ0v) is 11.0. The van der Waals surface area contributed by atoms with Gasteiger partial charge < -0.3 is 10.3 Å². The first-order chi connectivity index (χ1) is 9.20. The molecule has 5 nitrogen and oxygen atoms in total. The van der Waals surface area contributed by atoms with Gasteiger partial charge in [0.1, 0.15) is 0 Å². The fraction of sp³-hybridized carbons (Fsp3) is 0.231. The molecule has 2 rings (SSSR count). The Morgan fingerprint density at radius 3 is 2.63 bits per heavy atom. The topological polar surface area (TPSA) is 66.9 Å². The smallest absolute Gasteiger partial charge is 0.326 e. The Balaban J connectivity index is 2.05. The molecule has 0 atom stereocenters. The van der Waals surface area contributed by atoms with E-state index < -0.39 is 0 Å². The fourth-order valence-corrected chi connectivity index (χ4v) is 1.81. The summed E-state index contributed by atoms with van der Waals surface area (Å²) in [4.78, 5) is 25.5. The van der Waals surface area contributed by atoms with Crippen LogP contribution < -0.4 is 11.0 Å². The number of carbonyl (C=O) groups excluding carboxylic acids is 1. The Bertz CT molecular complexity index is 601. The van der Waals surface area contributed by atoms with Crippen molar-refractivity contribution in [1.29, 1.82) is 0 Å². The number of anilines is 1. The fourth-order valence-electron chi connectivity index (χ4n) is 1.68. The van der Waals surface area contributed by atoms with E-state index in [1.807, 2.05) is 0 Å². The Morgan fingerprint density at radius 2 is 2.05 bits per heavy atom. The number of rotatable bonds is 5. The van der Waals surface area contributed by atoms with Gasteiger partial charge >= 0.3 is 5.69 Å². The monoisotopic (exact) mass is 279 g/mol. The predicted octanol–water partition coefficient (Wildman–Crippen LogP) is 2.12. The summed E-state index contributed by atoms with van der Waals surface area (Å²) in [5.41, 5.74) is 1.25. The SMILES string of the molecule is O=C(CCCCl)Nc1ccc(-n2cc[nH]c2=O)cc1. The van der Waals surface area contributed by atoms with Crippen LogP contribution >= 0.6 is 11.6 Å². The summed E-state index contributed by atoms with van der Waals surface area (Å²) in [6, 6.07) is 7.06. The van der Waals surface area contributed by atoms with Crippen LogP contribution in [0.25, 0.3) is 5.69 Å². The van der Waals surface area contributed by atoms with E-state index in [4.69, 9.17) is 11.6 Å². The number of amides is 1. The molecule has 0 saturated carbocycles. The van der Waals surface area contributed by atoms with Crippen molar-refractivity contribution >= 4 is 23.2 Å². The minimum atomic E-state index is -0.195. The molecule has 0 unspecified atom stereocenters. The highest BCUT2D eigenvalue weighted by Gasteiger charge is 2.03. The first kappa shape index (κ1) is 13.4. The Morgan fingerprint density at radius 1 is 1.32 bits per heavy atom. The molecule has 0 fully saturated rings. The highest BCUT2D eigenvalue weighted by molar-refractivity contribution is 6.18. The minimum absolute atomic E-state index is 0.0628. The van der Waals surface area contributed by atoms with Crippen LogP contribution in [-0.4, -0.2) is 21.3 Å². The van der Waals surface area contributed by atoms with Crippen LogP contribution in [0.5, 0.6) is 0 Å². The van der Waals surface area contributed by atoms with Crippen molar-refractivity contribution in [3.63, 3.8) is 0 Å². The standard InChI is InChI=1S/C13H14ClN3O2/c14-7-1-2-12(18)16-10-3-5-11(6-4-10)17-9-8-15-13(17)19/h3-6,8-9H,1-2,7H2,(H,15,19)(H,16,18). The van der Waals surface area contributed by atoms with E-state index in [0.717, 1.165) is 5.69 Å². The lowest BCUT2D eigenvalue weighted by Crippen LogP contribution is -2.14. The molecule has 1 aromatic carbocycles. The molecule has 0 aliphatic carbocycles. The molecule has 0 aliphatic rings. The molecule has 0 spiro atoms. The summed E-state index contributed by atoms with van der Waals surface area (Å²) in [7, 11) is 0. The number of halogens is 1. The van der Waals surface area contributed by atoms with Gasteiger partial charge in [-0.1, -0.05) is 0 Å². The molecule has 1 heterocycles. The third kappa shape index (κ3) is 3.48. The van der Waals surface area contributed by atoms with Gasteiger partial charge in [0.15, 0.2) is 0 Å². The molecule has 0 bridgehead atoms. The second-order valence-electron chi connectivity index (χ2n) is 4.02. The van der Waals surface area contributed by atoms with Crippen LogP contribution in [0.3, 0.4) is 0 Å². The van der Waals surface area contributed by atoms with Crippen molar-refractivity contribution in [2.45, 2.75) is 12.8 Å². The Hall–Kier alpha value is -2.01. The van der Waals surface area contributed by atoms with E-state index in [2.05, 4.69) is 10.3 Å². The number of aromatic nitrogens is 2. The zero-order valence-electron chi connectivity index (χ0n) is 10.2. The summed E-state index contributed by atoms with van der Waals surface area (Å²) in [5.74, 6) is 0.412. The summed E-state index contributed by atoms with van der Waals surface area (Å²) < 4.78 is 1.49. The van der Waals surface area contributed by atoms with Gasteiger partial charge in [0.05, 0.1) is 5.69 Å². The second-order valence-corrected chi connectivity index (χ2v) is 4.40. The molecule has 19 heavy (non-hydrogen) atoms. The maximum absolute atomic E-state index is 11.5. The third-order valence-corrected chi connectivity index (χ3v) is 2.88. The van der Waals surface area contributed by atoms with Gasteiger partial charge in [-0.2, -0.15) is 0 Å². The van der Waals surface area contributed by atoms with Gasteiger partial charge in [-0.05, 0) is 30.7 Å². The quantitative estimate of drug-likeness (QED) is 0.823. The number of carbonyl (C=O) groups is 1. The lowest BCUT2D eigenvalue weighted by Gasteiger charge is -2.06. The van der Waals surface area contributed by atoms with Crippen LogP contribution in [-0.2, 0) is 4.79 Å². The number of imidazole rings is 1. The van der Waals surface area contributed by atoms with Crippen LogP contribution in [0.2, 0.25) is 0 Å². The maximum atomic E-state index is 11.5. The molecular weight excluding hydrogens is 266 g/mol. The highest BCUT2D eigenvalue weighted by Crippen LogP contribution is 2.12. The van der Waals surface area contributed by atoms with Crippen molar-refractivity contribution < 1.29 is 4.79 Å². The van der Waals surface area contributed by atoms with Crippen molar-refractivity contribution in [1.82, 2.24) is 9.55 Å². The van der Waals surface area contributed by atoms with Gasteiger partial charge in [0, 0.05) is 30.4 Å². The second kappa shape index (κ2) is 6.24. The summed E-state index contributed by atoms with van der Waals surface area (Å²) >= 11 is 5.53. The summed E-state index contributed by atoms with van der Waals surface area (Å²) in [6.45, 7) is 0. The minimum Gasteiger partial charge on any atom is -0.326 e. The molecule has 6 heteroatoms.